The molecule has 1 N–H and O–H groups in total. The van der Waals surface area contributed by atoms with Crippen LogP contribution in [0.5, 0.6) is 0 Å². The SMILES string of the molecule is CCC1CSC(=NCCOC2CCCCC2)N1. The van der Waals surface area contributed by atoms with Gasteiger partial charge in [-0.25, -0.2) is 0 Å². The van der Waals surface area contributed by atoms with Crippen LogP contribution in [0, 0.1) is 0 Å². The predicted octanol–water partition coefficient (Wildman–Crippen LogP) is 2.81. The second-order valence-corrected chi connectivity index (χ2v) is 5.89. The first-order valence-corrected chi connectivity index (χ1v) is 7.92. The van der Waals surface area contributed by atoms with Crippen molar-refractivity contribution in [2.75, 3.05) is 18.9 Å². The summed E-state index contributed by atoms with van der Waals surface area (Å²) < 4.78 is 5.85. The van der Waals surface area contributed by atoms with Crippen LogP contribution in [0.1, 0.15) is 45.4 Å². The van der Waals surface area contributed by atoms with Gasteiger partial charge in [-0.05, 0) is 19.3 Å². The van der Waals surface area contributed by atoms with Gasteiger partial charge >= 0.3 is 0 Å². The highest BCUT2D eigenvalue weighted by Gasteiger charge is 2.18. The first-order chi connectivity index (χ1) is 8.38. The Morgan fingerprint density at radius 2 is 2.18 bits per heavy atom. The van der Waals surface area contributed by atoms with Gasteiger partial charge < -0.3 is 10.1 Å². The summed E-state index contributed by atoms with van der Waals surface area (Å²) in [6, 6.07) is 0.623. The van der Waals surface area contributed by atoms with Gasteiger partial charge in [0.15, 0.2) is 5.17 Å². The van der Waals surface area contributed by atoms with Gasteiger partial charge in [0.2, 0.25) is 0 Å². The summed E-state index contributed by atoms with van der Waals surface area (Å²) in [6.45, 7) is 3.81. The average molecular weight is 256 g/mol. The number of thioether (sulfide) groups is 1. The van der Waals surface area contributed by atoms with E-state index in [1.165, 1.54) is 44.3 Å². The van der Waals surface area contributed by atoms with Crippen LogP contribution in [0.4, 0.5) is 0 Å². The van der Waals surface area contributed by atoms with Crippen LogP contribution in [-0.2, 0) is 4.74 Å². The third-order valence-electron chi connectivity index (χ3n) is 3.49. The van der Waals surface area contributed by atoms with E-state index in [2.05, 4.69) is 17.2 Å². The molecule has 0 aromatic heterocycles. The molecule has 1 atom stereocenters. The van der Waals surface area contributed by atoms with Gasteiger partial charge in [0.05, 0.1) is 19.3 Å². The smallest absolute Gasteiger partial charge is 0.156 e. The topological polar surface area (TPSA) is 33.6 Å². The van der Waals surface area contributed by atoms with Crippen molar-refractivity contribution in [1.29, 1.82) is 0 Å². The highest BCUT2D eigenvalue weighted by atomic mass is 32.2. The molecule has 0 aromatic rings. The summed E-state index contributed by atoms with van der Waals surface area (Å²) in [5.74, 6) is 1.17. The Kier molecular flexibility index (Phi) is 5.65. The van der Waals surface area contributed by atoms with Gasteiger partial charge in [-0.15, -0.1) is 0 Å². The van der Waals surface area contributed by atoms with Gasteiger partial charge in [0, 0.05) is 11.8 Å². The number of nitrogens with zero attached hydrogens (tertiary/aromatic N) is 1. The Morgan fingerprint density at radius 3 is 2.88 bits per heavy atom. The zero-order chi connectivity index (χ0) is 11.9. The third kappa shape index (κ3) is 4.51. The molecule has 4 heteroatoms. The highest BCUT2D eigenvalue weighted by Crippen LogP contribution is 2.20. The molecule has 1 unspecified atom stereocenters. The summed E-state index contributed by atoms with van der Waals surface area (Å²) in [5, 5.41) is 4.55. The van der Waals surface area contributed by atoms with Gasteiger partial charge in [-0.3, -0.25) is 4.99 Å². The number of rotatable bonds is 5. The maximum absolute atomic E-state index is 5.85. The molecule has 1 aliphatic carbocycles. The Labute approximate surface area is 109 Å². The molecule has 0 amide bonds. The lowest BCUT2D eigenvalue weighted by molar-refractivity contribution is 0.0335. The molecule has 2 fully saturated rings. The molecule has 0 spiro atoms. The first kappa shape index (κ1) is 13.2. The number of ether oxygens (including phenoxy) is 1. The van der Waals surface area contributed by atoms with E-state index in [1.807, 2.05) is 11.8 Å². The van der Waals surface area contributed by atoms with Crippen LogP contribution in [0.3, 0.4) is 0 Å². The third-order valence-corrected chi connectivity index (χ3v) is 4.58. The maximum atomic E-state index is 5.85. The monoisotopic (exact) mass is 256 g/mol. The normalized spacial score (nSPS) is 28.5. The lowest BCUT2D eigenvalue weighted by atomic mass is 9.98. The van der Waals surface area contributed by atoms with Crippen molar-refractivity contribution in [1.82, 2.24) is 5.32 Å². The second kappa shape index (κ2) is 7.27. The quantitative estimate of drug-likeness (QED) is 0.768. The first-order valence-electron chi connectivity index (χ1n) is 6.94. The summed E-state index contributed by atoms with van der Waals surface area (Å²) in [5.41, 5.74) is 0. The molecule has 98 valence electrons. The minimum Gasteiger partial charge on any atom is -0.376 e. The van der Waals surface area contributed by atoms with E-state index in [-0.39, 0.29) is 0 Å². The average Bonchev–Trinajstić information content (AvgIpc) is 2.84. The van der Waals surface area contributed by atoms with Gasteiger partial charge in [0.25, 0.3) is 0 Å². The standard InChI is InChI=1S/C13H24N2OS/c1-2-11-10-17-13(15-11)14-8-9-16-12-6-4-3-5-7-12/h11-12H,2-10H2,1H3,(H,14,15). The van der Waals surface area contributed by atoms with Crippen LogP contribution in [0.2, 0.25) is 0 Å². The van der Waals surface area contributed by atoms with E-state index in [9.17, 15) is 0 Å². The molecule has 3 nitrogen and oxygen atoms in total. The van der Waals surface area contributed by atoms with Crippen molar-refractivity contribution in [3.05, 3.63) is 0 Å². The van der Waals surface area contributed by atoms with Gasteiger partial charge in [-0.1, -0.05) is 37.9 Å². The lowest BCUT2D eigenvalue weighted by Crippen LogP contribution is -2.26. The van der Waals surface area contributed by atoms with Crippen LogP contribution in [0.15, 0.2) is 4.99 Å². The number of aliphatic imine (C=N–C) groups is 1. The minimum absolute atomic E-state index is 0.511. The highest BCUT2D eigenvalue weighted by molar-refractivity contribution is 8.14. The van der Waals surface area contributed by atoms with E-state index in [4.69, 9.17) is 4.74 Å². The molecule has 2 rings (SSSR count). The van der Waals surface area contributed by atoms with Crippen molar-refractivity contribution < 1.29 is 4.74 Å². The molecular formula is C13H24N2OS. The summed E-state index contributed by atoms with van der Waals surface area (Å²) in [6.07, 6.45) is 8.27. The second-order valence-electron chi connectivity index (χ2n) is 4.88. The Hall–Kier alpha value is -0.220. The van der Waals surface area contributed by atoms with E-state index >= 15 is 0 Å². The molecule has 1 heterocycles. The fourth-order valence-electron chi connectivity index (χ4n) is 2.35. The molecule has 0 radical (unpaired) electrons. The van der Waals surface area contributed by atoms with Gasteiger partial charge in [-0.2, -0.15) is 0 Å². The van der Waals surface area contributed by atoms with Crippen LogP contribution < -0.4 is 5.32 Å². The molecule has 0 bridgehead atoms. The molecule has 1 saturated carbocycles. The van der Waals surface area contributed by atoms with Crippen LogP contribution in [0.25, 0.3) is 0 Å². The van der Waals surface area contributed by atoms with Gasteiger partial charge in [0.1, 0.15) is 0 Å². The Morgan fingerprint density at radius 1 is 1.35 bits per heavy atom. The number of amidine groups is 1. The maximum Gasteiger partial charge on any atom is 0.156 e. The van der Waals surface area contributed by atoms with Crippen molar-refractivity contribution in [3.8, 4) is 0 Å². The lowest BCUT2D eigenvalue weighted by Gasteiger charge is -2.21. The Bertz CT molecular complexity index is 252. The molecule has 2 aliphatic rings. The fourth-order valence-corrected chi connectivity index (χ4v) is 3.46. The molecule has 1 saturated heterocycles. The summed E-state index contributed by atoms with van der Waals surface area (Å²) in [7, 11) is 0. The fraction of sp³-hybridized carbons (Fsp3) is 0.923. The van der Waals surface area contributed by atoms with E-state index < -0.39 is 0 Å². The molecule has 0 aromatic carbocycles. The van der Waals surface area contributed by atoms with Crippen LogP contribution in [-0.4, -0.2) is 36.2 Å². The number of nitrogens with one attached hydrogen (secondary N) is 1. The zero-order valence-electron chi connectivity index (χ0n) is 10.8. The largest absolute Gasteiger partial charge is 0.376 e. The predicted molar refractivity (Wildman–Crippen MR) is 74.8 cm³/mol. The van der Waals surface area contributed by atoms with Crippen molar-refractivity contribution in [2.24, 2.45) is 4.99 Å². The van der Waals surface area contributed by atoms with Crippen LogP contribution >= 0.6 is 11.8 Å². The van der Waals surface area contributed by atoms with E-state index in [0.29, 0.717) is 12.1 Å². The van der Waals surface area contributed by atoms with Crippen molar-refractivity contribution in [3.63, 3.8) is 0 Å². The van der Waals surface area contributed by atoms with E-state index in [1.54, 1.807) is 0 Å². The number of hydrogen-bond donors (Lipinski definition) is 1. The number of hydrogen-bond acceptors (Lipinski definition) is 3. The van der Waals surface area contributed by atoms with Crippen molar-refractivity contribution in [2.45, 2.75) is 57.6 Å². The van der Waals surface area contributed by atoms with E-state index in [0.717, 1.165) is 18.3 Å². The zero-order valence-corrected chi connectivity index (χ0v) is 11.6. The summed E-state index contributed by atoms with van der Waals surface area (Å²) >= 11 is 1.84. The Balaban J connectivity index is 1.57. The van der Waals surface area contributed by atoms with Crippen molar-refractivity contribution >= 4 is 16.9 Å². The molecular weight excluding hydrogens is 232 g/mol. The minimum atomic E-state index is 0.511. The molecule has 17 heavy (non-hydrogen) atoms. The summed E-state index contributed by atoms with van der Waals surface area (Å²) in [4.78, 5) is 4.55. The molecule has 1 aliphatic heterocycles.